The zero-order valence-corrected chi connectivity index (χ0v) is 16.5. The Kier molecular flexibility index (Phi) is 5.98. The highest BCUT2D eigenvalue weighted by Gasteiger charge is 2.26. The van der Waals surface area contributed by atoms with Crippen LogP contribution in [0.15, 0.2) is 73.2 Å². The van der Waals surface area contributed by atoms with Gasteiger partial charge >= 0.3 is 0 Å². The molecule has 1 saturated heterocycles. The van der Waals surface area contributed by atoms with Crippen molar-refractivity contribution in [2.45, 2.75) is 12.8 Å². The van der Waals surface area contributed by atoms with Crippen molar-refractivity contribution in [3.8, 4) is 5.82 Å². The number of carbonyl (C=O) groups is 2. The van der Waals surface area contributed by atoms with Gasteiger partial charge in [0.15, 0.2) is 5.82 Å². The molecular formula is C23H23N5O2. The summed E-state index contributed by atoms with van der Waals surface area (Å²) in [6, 6.07) is 15.2. The third-order valence-electron chi connectivity index (χ3n) is 5.15. The standard InChI is InChI=1S/C23H23N5O2/c29-22(10-7-18-5-2-1-3-6-18)27-15-11-19(12-16-27)23(30)26-20-8-9-21(24-17-20)28-14-4-13-25-28/h1-10,13-14,17,19H,11-12,15-16H2,(H,26,30)/b10-7+. The number of nitrogens with zero attached hydrogens (tertiary/aromatic N) is 4. The number of pyridine rings is 1. The van der Waals surface area contributed by atoms with Gasteiger partial charge in [0.25, 0.3) is 0 Å². The van der Waals surface area contributed by atoms with Crippen LogP contribution in [-0.2, 0) is 9.59 Å². The second-order valence-electron chi connectivity index (χ2n) is 7.19. The van der Waals surface area contributed by atoms with E-state index < -0.39 is 0 Å². The zero-order chi connectivity index (χ0) is 20.8. The van der Waals surface area contributed by atoms with Crippen molar-refractivity contribution in [3.63, 3.8) is 0 Å². The van der Waals surface area contributed by atoms with Gasteiger partial charge in [-0.3, -0.25) is 9.59 Å². The summed E-state index contributed by atoms with van der Waals surface area (Å²) in [4.78, 5) is 31.1. The molecule has 1 aromatic carbocycles. The summed E-state index contributed by atoms with van der Waals surface area (Å²) in [7, 11) is 0. The van der Waals surface area contributed by atoms with E-state index in [4.69, 9.17) is 0 Å². The summed E-state index contributed by atoms with van der Waals surface area (Å²) >= 11 is 0. The Morgan fingerprint density at radius 1 is 1.03 bits per heavy atom. The predicted molar refractivity (Wildman–Crippen MR) is 115 cm³/mol. The van der Waals surface area contributed by atoms with E-state index in [1.807, 2.05) is 60.8 Å². The number of hydrogen-bond donors (Lipinski definition) is 1. The Bertz CT molecular complexity index is 1010. The molecule has 30 heavy (non-hydrogen) atoms. The van der Waals surface area contributed by atoms with Crippen LogP contribution in [0.1, 0.15) is 18.4 Å². The molecule has 4 rings (SSSR count). The van der Waals surface area contributed by atoms with Gasteiger partial charge in [0.05, 0.1) is 11.9 Å². The van der Waals surface area contributed by atoms with E-state index in [0.29, 0.717) is 37.4 Å². The van der Waals surface area contributed by atoms with Crippen LogP contribution in [0.5, 0.6) is 0 Å². The van der Waals surface area contributed by atoms with Gasteiger partial charge in [0.2, 0.25) is 11.8 Å². The van der Waals surface area contributed by atoms with Gasteiger partial charge in [-0.05, 0) is 42.7 Å². The lowest BCUT2D eigenvalue weighted by Crippen LogP contribution is -2.40. The van der Waals surface area contributed by atoms with Crippen LogP contribution in [0, 0.1) is 5.92 Å². The minimum Gasteiger partial charge on any atom is -0.339 e. The molecule has 0 spiro atoms. The fourth-order valence-electron chi connectivity index (χ4n) is 3.44. The fraction of sp³-hybridized carbons (Fsp3) is 0.217. The van der Waals surface area contributed by atoms with Gasteiger partial charge in [-0.15, -0.1) is 0 Å². The number of amides is 2. The van der Waals surface area contributed by atoms with Crippen LogP contribution in [0.4, 0.5) is 5.69 Å². The molecule has 0 unspecified atom stereocenters. The van der Waals surface area contributed by atoms with Crippen molar-refractivity contribution in [2.24, 2.45) is 5.92 Å². The van der Waals surface area contributed by atoms with Crippen molar-refractivity contribution < 1.29 is 9.59 Å². The Labute approximate surface area is 175 Å². The largest absolute Gasteiger partial charge is 0.339 e. The molecule has 2 aromatic heterocycles. The maximum Gasteiger partial charge on any atom is 0.246 e. The molecule has 1 aliphatic rings. The minimum atomic E-state index is -0.113. The topological polar surface area (TPSA) is 80.1 Å². The van der Waals surface area contributed by atoms with Gasteiger partial charge in [-0.2, -0.15) is 5.10 Å². The summed E-state index contributed by atoms with van der Waals surface area (Å²) in [6.45, 7) is 1.15. The maximum absolute atomic E-state index is 12.6. The van der Waals surface area contributed by atoms with E-state index >= 15 is 0 Å². The molecule has 3 heterocycles. The average Bonchev–Trinajstić information content (AvgIpc) is 3.34. The van der Waals surface area contributed by atoms with E-state index in [-0.39, 0.29) is 17.7 Å². The number of rotatable bonds is 5. The third kappa shape index (κ3) is 4.81. The smallest absolute Gasteiger partial charge is 0.246 e. The molecule has 7 heteroatoms. The zero-order valence-electron chi connectivity index (χ0n) is 16.5. The molecule has 0 aliphatic carbocycles. The molecule has 7 nitrogen and oxygen atoms in total. The van der Waals surface area contributed by atoms with Crippen LogP contribution in [0.3, 0.4) is 0 Å². The molecule has 2 amide bonds. The second-order valence-corrected chi connectivity index (χ2v) is 7.19. The number of aromatic nitrogens is 3. The Morgan fingerprint density at radius 2 is 1.83 bits per heavy atom. The Hall–Kier alpha value is -3.74. The van der Waals surface area contributed by atoms with Crippen molar-refractivity contribution in [1.82, 2.24) is 19.7 Å². The monoisotopic (exact) mass is 401 g/mol. The molecular weight excluding hydrogens is 378 g/mol. The summed E-state index contributed by atoms with van der Waals surface area (Å²) in [6.07, 6.45) is 9.84. The Balaban J connectivity index is 1.27. The molecule has 0 radical (unpaired) electrons. The van der Waals surface area contributed by atoms with Crippen LogP contribution < -0.4 is 5.32 Å². The molecule has 0 saturated carbocycles. The predicted octanol–water partition coefficient (Wildman–Crippen LogP) is 3.16. The van der Waals surface area contributed by atoms with Crippen LogP contribution in [0.25, 0.3) is 11.9 Å². The molecule has 0 atom stereocenters. The summed E-state index contributed by atoms with van der Waals surface area (Å²) in [5.41, 5.74) is 1.65. The lowest BCUT2D eigenvalue weighted by Gasteiger charge is -2.30. The maximum atomic E-state index is 12.6. The number of nitrogens with one attached hydrogen (secondary N) is 1. The first-order valence-corrected chi connectivity index (χ1v) is 9.98. The summed E-state index contributed by atoms with van der Waals surface area (Å²) < 4.78 is 1.66. The van der Waals surface area contributed by atoms with Crippen molar-refractivity contribution >= 4 is 23.6 Å². The van der Waals surface area contributed by atoms with Gasteiger partial charge in [-0.1, -0.05) is 30.3 Å². The highest BCUT2D eigenvalue weighted by Crippen LogP contribution is 2.20. The quantitative estimate of drug-likeness (QED) is 0.666. The minimum absolute atomic E-state index is 0.0175. The van der Waals surface area contributed by atoms with Gasteiger partial charge in [0.1, 0.15) is 0 Å². The van der Waals surface area contributed by atoms with Crippen LogP contribution in [-0.4, -0.2) is 44.6 Å². The number of carbonyl (C=O) groups excluding carboxylic acids is 2. The SMILES string of the molecule is O=C(Nc1ccc(-n2cccn2)nc1)C1CCN(C(=O)/C=C/c2ccccc2)CC1. The highest BCUT2D eigenvalue weighted by molar-refractivity contribution is 5.94. The molecule has 0 bridgehead atoms. The van der Waals surface area contributed by atoms with E-state index in [2.05, 4.69) is 15.4 Å². The number of anilines is 1. The molecule has 3 aromatic rings. The van der Waals surface area contributed by atoms with E-state index in [0.717, 1.165) is 5.56 Å². The summed E-state index contributed by atoms with van der Waals surface area (Å²) in [5.74, 6) is 0.526. The van der Waals surface area contributed by atoms with E-state index in [1.165, 1.54) is 0 Å². The van der Waals surface area contributed by atoms with Crippen LogP contribution >= 0.6 is 0 Å². The van der Waals surface area contributed by atoms with Crippen molar-refractivity contribution in [3.05, 3.63) is 78.8 Å². The molecule has 1 fully saturated rings. The molecule has 152 valence electrons. The normalized spacial score (nSPS) is 14.7. The fourth-order valence-corrected chi connectivity index (χ4v) is 3.44. The lowest BCUT2D eigenvalue weighted by atomic mass is 9.95. The average molecular weight is 401 g/mol. The van der Waals surface area contributed by atoms with E-state index in [9.17, 15) is 9.59 Å². The lowest BCUT2D eigenvalue weighted by molar-refractivity contribution is -0.130. The number of piperidine rings is 1. The van der Waals surface area contributed by atoms with Crippen LogP contribution in [0.2, 0.25) is 0 Å². The Morgan fingerprint density at radius 3 is 2.50 bits per heavy atom. The third-order valence-corrected chi connectivity index (χ3v) is 5.15. The summed E-state index contributed by atoms with van der Waals surface area (Å²) in [5, 5.41) is 7.06. The first-order chi connectivity index (χ1) is 14.7. The first kappa shape index (κ1) is 19.6. The highest BCUT2D eigenvalue weighted by atomic mass is 16.2. The number of likely N-dealkylation sites (tertiary alicyclic amines) is 1. The first-order valence-electron chi connectivity index (χ1n) is 9.98. The number of benzene rings is 1. The van der Waals surface area contributed by atoms with Gasteiger partial charge in [-0.25, -0.2) is 9.67 Å². The van der Waals surface area contributed by atoms with Gasteiger partial charge < -0.3 is 10.2 Å². The van der Waals surface area contributed by atoms with Crippen molar-refractivity contribution in [1.29, 1.82) is 0 Å². The van der Waals surface area contributed by atoms with Crippen molar-refractivity contribution in [2.75, 3.05) is 18.4 Å². The van der Waals surface area contributed by atoms with E-state index in [1.54, 1.807) is 28.1 Å². The number of hydrogen-bond acceptors (Lipinski definition) is 4. The molecule has 1 aliphatic heterocycles. The molecule has 1 N–H and O–H groups in total. The van der Waals surface area contributed by atoms with Gasteiger partial charge in [0, 0.05) is 37.5 Å². The second kappa shape index (κ2) is 9.17.